The van der Waals surface area contributed by atoms with Gasteiger partial charge in [-0.25, -0.2) is 48.9 Å². The standard InChI is InChI=1S/C19H11F6N5O.C19H11F6N5.C19H15F3N6.C18H11F3N6O2.C18H13F3N6/c20-18(21,22)17-16(14-3-1-2-8-30(14)29-17)13-9-26-10-15(28-13)27-11-4-6-12(7-5-11)31-19(23,24)25;20-18(21,22)11-4-6-12(7-5-11)27-15-10-26-9-13(28-15)16-14-3-1-2-8-30(14)29-17(16)19(23,24)25;1-23-18-26-14-4-2-3-5-15(14)28(18)17-11-24-10-16(27-17)25-13-8-6-12(7-9-13)19(20,21)22;19-18(20,21)17-16(26-8-2-1-3-15(26)25-17)13-9-22-10-14(24-13)23-11-4-6-12(7-5-11)27(28)29;19-18(20,21)17-16(27-8-2-1-3-15(27)26-17)13-9-23-10-14(25-13)24-12-6-4-11(22)5-7-12/h1-10H,(H,27,28);1-10H,(H,27,28);2-11H,1H3,(H,23,26)(H,25,27);1-10H,(H,23,24);1-10H,22H2,(H,24,25). The molecule has 0 aliphatic heterocycles. The number of nitrogens with two attached hydrogens (primary N) is 1. The van der Waals surface area contributed by atoms with E-state index in [4.69, 9.17) is 5.73 Å². The van der Waals surface area contributed by atoms with Crippen LogP contribution in [0.5, 0.6) is 5.75 Å². The third kappa shape index (κ3) is 23.7. The van der Waals surface area contributed by atoms with Crippen LogP contribution in [0.3, 0.4) is 0 Å². The number of anilines is 12. The number of nitrogens with one attached hydrogen (secondary N) is 6. The Kier molecular flexibility index (Phi) is 27.8. The highest BCUT2D eigenvalue weighted by atomic mass is 19.4. The number of hydrogen-bond acceptors (Lipinski definition) is 25. The van der Waals surface area contributed by atoms with Crippen LogP contribution in [0.2, 0.25) is 0 Å². The topological polar surface area (TPSA) is 366 Å². The largest absolute Gasteiger partial charge is 0.573 e. The van der Waals surface area contributed by atoms with Gasteiger partial charge in [0.25, 0.3) is 5.69 Å². The van der Waals surface area contributed by atoms with Gasteiger partial charge >= 0.3 is 43.4 Å². The van der Waals surface area contributed by atoms with Crippen LogP contribution in [-0.4, -0.2) is 116 Å². The summed E-state index contributed by atoms with van der Waals surface area (Å²) in [6.45, 7) is 0. The fourth-order valence-corrected chi connectivity index (χ4v) is 14.1. The van der Waals surface area contributed by atoms with E-state index in [1.54, 1.807) is 80.0 Å². The molecule has 0 atom stereocenters. The van der Waals surface area contributed by atoms with Gasteiger partial charge in [-0.15, -0.1) is 13.2 Å². The molecular formula is C93H61F21N28O3. The number of aromatic nitrogens is 20. The molecule has 31 nitrogen and oxygen atoms in total. The fourth-order valence-electron chi connectivity index (χ4n) is 14.1. The lowest BCUT2D eigenvalue weighted by Gasteiger charge is -2.11. The molecule has 0 radical (unpaired) electrons. The molecule has 0 unspecified atom stereocenters. The second kappa shape index (κ2) is 40.6. The molecule has 0 aliphatic rings. The minimum Gasteiger partial charge on any atom is -0.406 e. The summed E-state index contributed by atoms with van der Waals surface area (Å²) in [5, 5.41) is 35.3. The van der Waals surface area contributed by atoms with Crippen molar-refractivity contribution in [2.45, 2.75) is 43.4 Å². The summed E-state index contributed by atoms with van der Waals surface area (Å²) in [6, 6.07) is 52.2. The number of fused-ring (bicyclic) bond motifs is 5. The summed E-state index contributed by atoms with van der Waals surface area (Å²) < 4.78 is 286. The maximum absolute atomic E-state index is 13.5. The van der Waals surface area contributed by atoms with E-state index in [2.05, 4.69) is 112 Å². The maximum atomic E-state index is 13.5. The van der Waals surface area contributed by atoms with Gasteiger partial charge in [-0.2, -0.15) is 89.2 Å². The van der Waals surface area contributed by atoms with E-state index in [1.165, 1.54) is 174 Å². The zero-order chi connectivity index (χ0) is 103. The zero-order valence-electron chi connectivity index (χ0n) is 73.0. The van der Waals surface area contributed by atoms with E-state index in [1.807, 2.05) is 28.8 Å². The second-order valence-corrected chi connectivity index (χ2v) is 30.2. The molecule has 52 heteroatoms. The Morgan fingerprint density at radius 2 is 0.676 bits per heavy atom. The summed E-state index contributed by atoms with van der Waals surface area (Å²) in [6.07, 6.45) is -13.5. The number of rotatable bonds is 18. The number of nitrogen functional groups attached to an aromatic ring is 1. The number of nitro groups is 1. The summed E-state index contributed by atoms with van der Waals surface area (Å²) in [7, 11) is 1.76. The molecule has 0 saturated heterocycles. The molecule has 8 N–H and O–H groups in total. The average Bonchev–Trinajstić information content (AvgIpc) is 1.63. The van der Waals surface area contributed by atoms with E-state index >= 15 is 0 Å². The van der Waals surface area contributed by atoms with Crippen molar-refractivity contribution in [2.24, 2.45) is 0 Å². The first-order valence-electron chi connectivity index (χ1n) is 41.5. The van der Waals surface area contributed by atoms with Gasteiger partial charge in [0, 0.05) is 78.1 Å². The van der Waals surface area contributed by atoms with E-state index in [9.17, 15) is 102 Å². The highest BCUT2D eigenvalue weighted by Gasteiger charge is 2.44. The van der Waals surface area contributed by atoms with Crippen LogP contribution in [0.4, 0.5) is 167 Å². The van der Waals surface area contributed by atoms with Crippen LogP contribution in [0.25, 0.3) is 84.5 Å². The molecule has 20 aromatic rings. The Balaban J connectivity index is 0.000000130. The van der Waals surface area contributed by atoms with Crippen molar-refractivity contribution in [1.29, 1.82) is 0 Å². The number of benzene rings is 6. The minimum absolute atomic E-state index is 0.0251. The molecule has 0 spiro atoms. The number of nitro benzene ring substituents is 1. The molecule has 0 aliphatic carbocycles. The first-order chi connectivity index (χ1) is 68.9. The first kappa shape index (κ1) is 99.3. The highest BCUT2D eigenvalue weighted by molar-refractivity contribution is 5.84. The predicted molar refractivity (Wildman–Crippen MR) is 487 cm³/mol. The molecule has 0 saturated carbocycles. The fraction of sp³-hybridized carbons (Fsp3) is 0.0860. The van der Waals surface area contributed by atoms with Gasteiger partial charge in [-0.05, 0) is 170 Å². The molecule has 20 rings (SSSR count). The number of alkyl halides is 21. The van der Waals surface area contributed by atoms with Crippen LogP contribution < -0.4 is 42.4 Å². The molecule has 0 fully saturated rings. The van der Waals surface area contributed by atoms with Gasteiger partial charge in [0.2, 0.25) is 5.95 Å². The van der Waals surface area contributed by atoms with Crippen molar-refractivity contribution in [3.8, 4) is 56.9 Å². The normalized spacial score (nSPS) is 11.9. The minimum atomic E-state index is -4.82. The average molecular weight is 2020 g/mol. The van der Waals surface area contributed by atoms with Crippen LogP contribution in [0.1, 0.15) is 33.9 Å². The zero-order valence-corrected chi connectivity index (χ0v) is 73.0. The molecule has 0 amide bonds. The summed E-state index contributed by atoms with van der Waals surface area (Å²) in [5.41, 5.74) is 3.90. The van der Waals surface area contributed by atoms with Gasteiger partial charge in [0.1, 0.15) is 63.1 Å². The Morgan fingerprint density at radius 1 is 0.338 bits per heavy atom. The van der Waals surface area contributed by atoms with Gasteiger partial charge < -0.3 is 42.4 Å². The summed E-state index contributed by atoms with van der Waals surface area (Å²) in [4.78, 5) is 63.5. The molecule has 14 heterocycles. The first-order valence-corrected chi connectivity index (χ1v) is 41.5. The van der Waals surface area contributed by atoms with Crippen LogP contribution in [-0.2, 0) is 37.1 Å². The Hall–Kier alpha value is -18.7. The van der Waals surface area contributed by atoms with Crippen LogP contribution in [0, 0.1) is 10.1 Å². The molecule has 14 aromatic heterocycles. The number of hydrogen-bond donors (Lipinski definition) is 7. The summed E-state index contributed by atoms with van der Waals surface area (Å²) >= 11 is 0. The number of para-hydroxylation sites is 2. The van der Waals surface area contributed by atoms with Gasteiger partial charge in [0.05, 0.1) is 123 Å². The number of imidazole rings is 3. The molecule has 6 aromatic carbocycles. The van der Waals surface area contributed by atoms with Crippen molar-refractivity contribution in [2.75, 3.05) is 44.7 Å². The monoisotopic (exact) mass is 2020 g/mol. The second-order valence-electron chi connectivity index (χ2n) is 30.2. The Labute approximate surface area is 798 Å². The molecule has 145 heavy (non-hydrogen) atoms. The highest BCUT2D eigenvalue weighted by Crippen LogP contribution is 2.44. The van der Waals surface area contributed by atoms with E-state index < -0.39 is 88.0 Å². The molecule has 0 bridgehead atoms. The molecule has 738 valence electrons. The van der Waals surface area contributed by atoms with E-state index in [-0.39, 0.29) is 96.4 Å². The number of nitrogens with zero attached hydrogens (tertiary/aromatic N) is 21. The third-order valence-electron chi connectivity index (χ3n) is 20.2. The lowest BCUT2D eigenvalue weighted by Crippen LogP contribution is -2.16. The smallest absolute Gasteiger partial charge is 0.406 e. The quantitative estimate of drug-likeness (QED) is 0.0182. The SMILES string of the molecule is CNc1nc2ccccc2n1-c1cncc(Nc2ccc(C(F)(F)F)cc2)n1.FC(F)(F)Oc1ccc(Nc2cncc(-c3c(C(F)(F)F)nn4ccccc34)n2)cc1.FC(F)(F)c1ccc(Nc2cncc(-c3c(C(F)(F)F)nn4ccccc34)n2)cc1.Nc1ccc(Nc2cncc(-c3c(C(F)(F)F)nc4ccccn34)n2)cc1.O=[N+]([O-])c1ccc(Nc2cncc(-c3c(C(F)(F)F)nc4ccccn34)n2)cc1. The number of halogens is 21. The van der Waals surface area contributed by atoms with E-state index in [0.717, 1.165) is 62.7 Å². The number of ether oxygens (including phenoxy) is 1. The number of pyridine rings is 4. The van der Waals surface area contributed by atoms with E-state index in [0.29, 0.717) is 51.8 Å². The van der Waals surface area contributed by atoms with Gasteiger partial charge in [0.15, 0.2) is 34.4 Å². The molecular weight excluding hydrogens is 1960 g/mol. The van der Waals surface area contributed by atoms with Crippen LogP contribution in [0.15, 0.2) is 305 Å². The van der Waals surface area contributed by atoms with Crippen molar-refractivity contribution in [3.05, 3.63) is 349 Å². The van der Waals surface area contributed by atoms with Gasteiger partial charge in [-0.3, -0.25) is 48.4 Å². The van der Waals surface area contributed by atoms with Crippen molar-refractivity contribution in [1.82, 2.24) is 97.4 Å². The van der Waals surface area contributed by atoms with Crippen LogP contribution >= 0.6 is 0 Å². The van der Waals surface area contributed by atoms with Crippen molar-refractivity contribution < 1.29 is 102 Å². The Morgan fingerprint density at radius 3 is 1.06 bits per heavy atom. The third-order valence-corrected chi connectivity index (χ3v) is 20.2. The predicted octanol–water partition coefficient (Wildman–Crippen LogP) is 24.2. The van der Waals surface area contributed by atoms with Crippen molar-refractivity contribution in [3.63, 3.8) is 0 Å². The maximum Gasteiger partial charge on any atom is 0.573 e. The number of non-ortho nitro benzene ring substituents is 1. The lowest BCUT2D eigenvalue weighted by molar-refractivity contribution is -0.384. The van der Waals surface area contributed by atoms with Gasteiger partial charge in [-0.1, -0.05) is 36.4 Å². The summed E-state index contributed by atoms with van der Waals surface area (Å²) in [5.74, 6) is 1.74. The van der Waals surface area contributed by atoms with Crippen molar-refractivity contribution >= 4 is 108 Å². The lowest BCUT2D eigenvalue weighted by atomic mass is 10.1. The Bertz CT molecular complexity index is 8010.